The number of benzene rings is 2. The van der Waals surface area contributed by atoms with Crippen molar-refractivity contribution in [3.05, 3.63) is 68.7 Å². The SMILES string of the molecule is COC(=O)c1ccc(C2=NOC(c3cc(Cl)cc(Cl)c3)(C(F)(F)F)C2(F)F)cc1C. The summed E-state index contributed by atoms with van der Waals surface area (Å²) in [6, 6.07) is 5.77. The van der Waals surface area contributed by atoms with Crippen molar-refractivity contribution in [3.63, 3.8) is 0 Å². The van der Waals surface area contributed by atoms with Crippen LogP contribution in [-0.4, -0.2) is 30.9 Å². The molecule has 1 heterocycles. The number of halogens is 7. The summed E-state index contributed by atoms with van der Waals surface area (Å²) in [6.07, 6.45) is -5.59. The highest BCUT2D eigenvalue weighted by atomic mass is 35.5. The second kappa shape index (κ2) is 7.39. The minimum Gasteiger partial charge on any atom is -0.465 e. The first-order valence-corrected chi connectivity index (χ1v) is 8.98. The van der Waals surface area contributed by atoms with Gasteiger partial charge in [0, 0.05) is 21.2 Å². The summed E-state index contributed by atoms with van der Waals surface area (Å²) in [5.74, 6) is -5.38. The van der Waals surface area contributed by atoms with Crippen LogP contribution in [0.25, 0.3) is 0 Å². The lowest BCUT2D eigenvalue weighted by atomic mass is 9.82. The van der Waals surface area contributed by atoms with E-state index in [2.05, 4.69) is 14.7 Å². The van der Waals surface area contributed by atoms with Crippen molar-refractivity contribution in [2.45, 2.75) is 24.6 Å². The lowest BCUT2D eigenvalue weighted by Crippen LogP contribution is -2.57. The highest BCUT2D eigenvalue weighted by Gasteiger charge is 2.78. The van der Waals surface area contributed by atoms with Gasteiger partial charge in [-0.1, -0.05) is 34.4 Å². The van der Waals surface area contributed by atoms with Crippen LogP contribution in [0, 0.1) is 6.92 Å². The molecular weight excluding hydrogens is 456 g/mol. The Morgan fingerprint density at radius 3 is 2.20 bits per heavy atom. The molecule has 0 saturated carbocycles. The zero-order valence-corrected chi connectivity index (χ0v) is 16.8. The normalized spacial score (nSPS) is 20.5. The number of ether oxygens (including phenoxy) is 1. The third-order valence-electron chi connectivity index (χ3n) is 4.59. The quantitative estimate of drug-likeness (QED) is 0.416. The summed E-state index contributed by atoms with van der Waals surface area (Å²) in [6.45, 7) is 1.41. The maximum atomic E-state index is 15.4. The van der Waals surface area contributed by atoms with E-state index in [1.165, 1.54) is 6.92 Å². The van der Waals surface area contributed by atoms with Crippen molar-refractivity contribution >= 4 is 34.9 Å². The van der Waals surface area contributed by atoms with Gasteiger partial charge in [-0.3, -0.25) is 0 Å². The van der Waals surface area contributed by atoms with Gasteiger partial charge < -0.3 is 9.57 Å². The fraction of sp³-hybridized carbons (Fsp3) is 0.263. The molecule has 0 bridgehead atoms. The van der Waals surface area contributed by atoms with Gasteiger partial charge >= 0.3 is 23.7 Å². The van der Waals surface area contributed by atoms with Crippen LogP contribution in [0.1, 0.15) is 27.0 Å². The van der Waals surface area contributed by atoms with E-state index in [4.69, 9.17) is 23.2 Å². The van der Waals surface area contributed by atoms with Gasteiger partial charge in [-0.25, -0.2) is 4.79 Å². The zero-order chi connectivity index (χ0) is 22.5. The molecule has 30 heavy (non-hydrogen) atoms. The monoisotopic (exact) mass is 467 g/mol. The molecule has 0 spiro atoms. The van der Waals surface area contributed by atoms with E-state index in [9.17, 15) is 18.0 Å². The third kappa shape index (κ3) is 3.30. The summed E-state index contributed by atoms with van der Waals surface area (Å²) >= 11 is 11.5. The third-order valence-corrected chi connectivity index (χ3v) is 5.02. The molecule has 1 unspecified atom stereocenters. The second-order valence-corrected chi connectivity index (χ2v) is 7.34. The molecule has 0 N–H and O–H groups in total. The van der Waals surface area contributed by atoms with Gasteiger partial charge in [-0.15, -0.1) is 0 Å². The van der Waals surface area contributed by atoms with Crippen LogP contribution in [0.3, 0.4) is 0 Å². The van der Waals surface area contributed by atoms with Crippen molar-refractivity contribution in [2.24, 2.45) is 5.16 Å². The number of carbonyl (C=O) groups is 1. The van der Waals surface area contributed by atoms with E-state index in [0.29, 0.717) is 12.1 Å². The number of aryl methyl sites for hydroxylation is 1. The molecule has 2 aromatic rings. The van der Waals surface area contributed by atoms with Crippen molar-refractivity contribution in [2.75, 3.05) is 7.11 Å². The lowest BCUT2D eigenvalue weighted by Gasteiger charge is -2.34. The summed E-state index contributed by atoms with van der Waals surface area (Å²) in [5, 5.41) is 2.52. The molecule has 3 rings (SSSR count). The Kier molecular flexibility index (Phi) is 5.49. The van der Waals surface area contributed by atoms with Crippen molar-refractivity contribution in [1.29, 1.82) is 0 Å². The number of esters is 1. The van der Waals surface area contributed by atoms with Gasteiger partial charge in [0.05, 0.1) is 12.7 Å². The maximum absolute atomic E-state index is 15.4. The van der Waals surface area contributed by atoms with Crippen LogP contribution in [-0.2, 0) is 15.2 Å². The minimum absolute atomic E-state index is 0.0628. The number of methoxy groups -OCH3 is 1. The lowest BCUT2D eigenvalue weighted by molar-refractivity contribution is -0.326. The summed E-state index contributed by atoms with van der Waals surface area (Å²) in [4.78, 5) is 16.1. The van der Waals surface area contributed by atoms with Gasteiger partial charge in [0.1, 0.15) is 0 Å². The first-order valence-electron chi connectivity index (χ1n) is 8.22. The Morgan fingerprint density at radius 2 is 1.70 bits per heavy atom. The highest BCUT2D eigenvalue weighted by molar-refractivity contribution is 6.34. The fourth-order valence-corrected chi connectivity index (χ4v) is 3.69. The number of carbonyl (C=O) groups excluding carboxylic acids is 1. The average Bonchev–Trinajstić information content (AvgIpc) is 2.91. The largest absolute Gasteiger partial charge is 0.465 e. The molecule has 1 aliphatic rings. The molecule has 0 fully saturated rings. The maximum Gasteiger partial charge on any atom is 0.442 e. The minimum atomic E-state index is -5.59. The van der Waals surface area contributed by atoms with Gasteiger partial charge in [-0.05, 0) is 42.8 Å². The smallest absolute Gasteiger partial charge is 0.442 e. The molecule has 0 saturated heterocycles. The molecule has 0 aliphatic carbocycles. The van der Waals surface area contributed by atoms with Crippen molar-refractivity contribution in [1.82, 2.24) is 0 Å². The molecule has 2 aromatic carbocycles. The number of rotatable bonds is 3. The Bertz CT molecular complexity index is 1030. The number of alkyl halides is 5. The number of oxime groups is 1. The van der Waals surface area contributed by atoms with Gasteiger partial charge in [0.2, 0.25) is 0 Å². The summed E-state index contributed by atoms with van der Waals surface area (Å²) in [7, 11) is 1.13. The summed E-state index contributed by atoms with van der Waals surface area (Å²) in [5.41, 5.74) is -6.49. The Hall–Kier alpha value is -2.39. The summed E-state index contributed by atoms with van der Waals surface area (Å²) < 4.78 is 77.3. The van der Waals surface area contributed by atoms with E-state index < -0.39 is 34.9 Å². The molecule has 1 aliphatic heterocycles. The van der Waals surface area contributed by atoms with Crippen molar-refractivity contribution < 1.29 is 36.3 Å². The first kappa shape index (κ1) is 22.3. The molecule has 0 aromatic heterocycles. The van der Waals surface area contributed by atoms with Crippen LogP contribution in [0.5, 0.6) is 0 Å². The Morgan fingerprint density at radius 1 is 1.10 bits per heavy atom. The Labute approximate surface area is 177 Å². The topological polar surface area (TPSA) is 47.9 Å². The van der Waals surface area contributed by atoms with Crippen LogP contribution < -0.4 is 0 Å². The molecule has 160 valence electrons. The Balaban J connectivity index is 2.16. The average molecular weight is 468 g/mol. The van der Waals surface area contributed by atoms with Gasteiger partial charge in [0.15, 0.2) is 5.71 Å². The number of hydrogen-bond acceptors (Lipinski definition) is 4. The second-order valence-electron chi connectivity index (χ2n) is 6.46. The van der Waals surface area contributed by atoms with Crippen molar-refractivity contribution in [3.8, 4) is 0 Å². The standard InChI is InChI=1S/C19H12Cl2F5NO3/c1-9-5-10(3-4-14(9)16(28)29-2)15-18(22,23)17(30-27-15,19(24,25)26)11-6-12(20)8-13(21)7-11/h3-8H,1-2H3. The van der Waals surface area contributed by atoms with E-state index in [-0.39, 0.29) is 26.7 Å². The predicted octanol–water partition coefficient (Wildman–Crippen LogP) is 5.92. The van der Waals surface area contributed by atoms with Gasteiger partial charge in [0.25, 0.3) is 0 Å². The first-order chi connectivity index (χ1) is 13.8. The molecule has 11 heteroatoms. The van der Waals surface area contributed by atoms with Crippen LogP contribution in [0.2, 0.25) is 10.0 Å². The zero-order valence-electron chi connectivity index (χ0n) is 15.3. The highest BCUT2D eigenvalue weighted by Crippen LogP contribution is 2.57. The number of nitrogens with zero attached hydrogens (tertiary/aromatic N) is 1. The molecule has 1 atom stereocenters. The van der Waals surface area contributed by atoms with E-state index in [1.807, 2.05) is 0 Å². The molecule has 4 nitrogen and oxygen atoms in total. The number of hydrogen-bond donors (Lipinski definition) is 0. The van der Waals surface area contributed by atoms with Crippen LogP contribution in [0.4, 0.5) is 22.0 Å². The van der Waals surface area contributed by atoms with Crippen LogP contribution >= 0.6 is 23.2 Å². The van der Waals surface area contributed by atoms with Gasteiger partial charge in [-0.2, -0.15) is 22.0 Å². The fourth-order valence-electron chi connectivity index (χ4n) is 3.16. The predicted molar refractivity (Wildman–Crippen MR) is 99.3 cm³/mol. The molecule has 0 radical (unpaired) electrons. The van der Waals surface area contributed by atoms with E-state index in [0.717, 1.165) is 31.4 Å². The molecular formula is C19H12Cl2F5NO3. The molecule has 0 amide bonds. The van der Waals surface area contributed by atoms with E-state index in [1.54, 1.807) is 0 Å². The van der Waals surface area contributed by atoms with Crippen LogP contribution in [0.15, 0.2) is 41.6 Å². The van der Waals surface area contributed by atoms with E-state index >= 15 is 8.78 Å².